The first-order valence-corrected chi connectivity index (χ1v) is 9.08. The van der Waals surface area contributed by atoms with Crippen LogP contribution in [0, 0.1) is 5.82 Å². The van der Waals surface area contributed by atoms with E-state index in [1.54, 1.807) is 0 Å². The maximum absolute atomic E-state index is 13.2. The number of ether oxygens (including phenoxy) is 2. The lowest BCUT2D eigenvalue weighted by molar-refractivity contribution is -0.0712. The Labute approximate surface area is 152 Å². The summed E-state index contributed by atoms with van der Waals surface area (Å²) in [6.07, 6.45) is 3.68. The zero-order valence-electron chi connectivity index (χ0n) is 14.2. The number of rotatable bonds is 5. The van der Waals surface area contributed by atoms with Gasteiger partial charge in [0.05, 0.1) is 23.8 Å². The molecule has 0 aromatic heterocycles. The highest BCUT2D eigenvalue weighted by Gasteiger charge is 2.38. The van der Waals surface area contributed by atoms with Crippen molar-refractivity contribution in [3.05, 3.63) is 29.0 Å². The number of hydrogen-bond acceptors (Lipinski definition) is 5. The van der Waals surface area contributed by atoms with Crippen LogP contribution in [0.1, 0.15) is 25.7 Å². The highest BCUT2D eigenvalue weighted by molar-refractivity contribution is 6.30. The third-order valence-corrected chi connectivity index (χ3v) is 5.18. The summed E-state index contributed by atoms with van der Waals surface area (Å²) in [5.41, 5.74) is -1.87. The van der Waals surface area contributed by atoms with Crippen molar-refractivity contribution < 1.29 is 24.1 Å². The van der Waals surface area contributed by atoms with Gasteiger partial charge in [0.25, 0.3) is 0 Å². The third kappa shape index (κ3) is 5.05. The van der Waals surface area contributed by atoms with Gasteiger partial charge in [-0.3, -0.25) is 4.90 Å². The van der Waals surface area contributed by atoms with Gasteiger partial charge in [0, 0.05) is 25.7 Å². The normalized spacial score (nSPS) is 27.2. The van der Waals surface area contributed by atoms with Gasteiger partial charge in [0.15, 0.2) is 0 Å². The summed E-state index contributed by atoms with van der Waals surface area (Å²) in [5, 5.41) is 21.5. The molecule has 140 valence electrons. The van der Waals surface area contributed by atoms with E-state index in [0.717, 1.165) is 25.7 Å². The standard InChI is InChI=1S/C18H25ClFNO4/c19-15-9-14(3-4-16(15)20)25-13-18(23)11-21(7-8-24-12-18)10-17(22)5-1-2-6-17/h3-4,9,22-23H,1-2,5-8,10-13H2/t18-/m0/s1. The van der Waals surface area contributed by atoms with Crippen molar-refractivity contribution in [1.29, 1.82) is 0 Å². The number of halogens is 2. The van der Waals surface area contributed by atoms with Crippen molar-refractivity contribution in [2.45, 2.75) is 36.9 Å². The number of nitrogens with zero attached hydrogens (tertiary/aromatic N) is 1. The Hall–Kier alpha value is -0.920. The Morgan fingerprint density at radius 3 is 2.72 bits per heavy atom. The summed E-state index contributed by atoms with van der Waals surface area (Å²) in [6.45, 7) is 2.19. The summed E-state index contributed by atoms with van der Waals surface area (Å²) in [7, 11) is 0. The van der Waals surface area contributed by atoms with E-state index >= 15 is 0 Å². The molecular weight excluding hydrogens is 349 g/mol. The summed E-state index contributed by atoms with van der Waals surface area (Å²) in [6, 6.07) is 4.09. The number of aliphatic hydroxyl groups is 2. The van der Waals surface area contributed by atoms with Crippen molar-refractivity contribution in [3.63, 3.8) is 0 Å². The van der Waals surface area contributed by atoms with Crippen LogP contribution in [-0.2, 0) is 4.74 Å². The van der Waals surface area contributed by atoms with Crippen LogP contribution in [0.2, 0.25) is 5.02 Å². The molecule has 0 bridgehead atoms. The molecule has 25 heavy (non-hydrogen) atoms. The lowest BCUT2D eigenvalue weighted by atomic mass is 10.00. The third-order valence-electron chi connectivity index (χ3n) is 4.89. The zero-order chi connectivity index (χ0) is 17.9. The van der Waals surface area contributed by atoms with Gasteiger partial charge in [-0.2, -0.15) is 0 Å². The van der Waals surface area contributed by atoms with Crippen LogP contribution in [0.25, 0.3) is 0 Å². The zero-order valence-corrected chi connectivity index (χ0v) is 15.0. The van der Waals surface area contributed by atoms with Gasteiger partial charge in [-0.05, 0) is 25.0 Å². The molecule has 2 N–H and O–H groups in total. The molecule has 2 fully saturated rings. The fourth-order valence-corrected chi connectivity index (χ4v) is 3.78. The quantitative estimate of drug-likeness (QED) is 0.828. The van der Waals surface area contributed by atoms with Gasteiger partial charge in [-0.1, -0.05) is 24.4 Å². The van der Waals surface area contributed by atoms with Gasteiger partial charge in [-0.15, -0.1) is 0 Å². The van der Waals surface area contributed by atoms with E-state index in [1.807, 2.05) is 4.90 Å². The molecule has 1 aromatic carbocycles. The van der Waals surface area contributed by atoms with E-state index in [9.17, 15) is 14.6 Å². The average molecular weight is 374 g/mol. The lowest BCUT2D eigenvalue weighted by Crippen LogP contribution is -2.52. The van der Waals surface area contributed by atoms with Crippen LogP contribution in [0.5, 0.6) is 5.75 Å². The maximum Gasteiger partial charge on any atom is 0.142 e. The Bertz CT molecular complexity index is 596. The molecule has 1 heterocycles. The molecule has 1 saturated heterocycles. The van der Waals surface area contributed by atoms with E-state index in [1.165, 1.54) is 18.2 Å². The summed E-state index contributed by atoms with van der Waals surface area (Å²) in [5.74, 6) is -0.119. The van der Waals surface area contributed by atoms with Gasteiger partial charge < -0.3 is 19.7 Å². The largest absolute Gasteiger partial charge is 0.490 e. The van der Waals surface area contributed by atoms with Crippen molar-refractivity contribution in [2.24, 2.45) is 0 Å². The average Bonchev–Trinajstić information content (AvgIpc) is 2.90. The molecular formula is C18H25ClFNO4. The fraction of sp³-hybridized carbons (Fsp3) is 0.667. The number of β-amino-alcohol motifs (C(OH)–C–C–N with tert-alkyl or cyclic N) is 2. The summed E-state index contributed by atoms with van der Waals surface area (Å²) < 4.78 is 24.4. The molecule has 0 amide bonds. The predicted molar refractivity (Wildman–Crippen MR) is 92.5 cm³/mol. The number of hydrogen-bond donors (Lipinski definition) is 2. The van der Waals surface area contributed by atoms with Gasteiger partial charge >= 0.3 is 0 Å². The molecule has 0 unspecified atom stereocenters. The smallest absolute Gasteiger partial charge is 0.142 e. The van der Waals surface area contributed by atoms with Crippen molar-refractivity contribution >= 4 is 11.6 Å². The Morgan fingerprint density at radius 1 is 1.24 bits per heavy atom. The van der Waals surface area contributed by atoms with Gasteiger partial charge in [0.2, 0.25) is 0 Å². The molecule has 3 rings (SSSR count). The van der Waals surface area contributed by atoms with Crippen LogP contribution in [-0.4, -0.2) is 65.8 Å². The van der Waals surface area contributed by atoms with E-state index in [4.69, 9.17) is 21.1 Å². The maximum atomic E-state index is 13.2. The SMILES string of the molecule is OC1(CN2CCOC[C@](O)(COc3ccc(F)c(Cl)c3)C2)CCCC1. The number of benzene rings is 1. The van der Waals surface area contributed by atoms with Crippen LogP contribution in [0.3, 0.4) is 0 Å². The molecule has 0 spiro atoms. The minimum atomic E-state index is -1.20. The molecule has 1 aliphatic carbocycles. The van der Waals surface area contributed by atoms with Crippen molar-refractivity contribution in [3.8, 4) is 5.75 Å². The Kier molecular flexibility index (Phi) is 5.85. The molecule has 7 heteroatoms. The molecule has 0 radical (unpaired) electrons. The first-order valence-electron chi connectivity index (χ1n) is 8.70. The van der Waals surface area contributed by atoms with E-state index in [0.29, 0.717) is 32.0 Å². The van der Waals surface area contributed by atoms with Crippen LogP contribution in [0.4, 0.5) is 4.39 Å². The van der Waals surface area contributed by atoms with Gasteiger partial charge in [0.1, 0.15) is 23.8 Å². The minimum Gasteiger partial charge on any atom is -0.490 e. The van der Waals surface area contributed by atoms with E-state index in [2.05, 4.69) is 0 Å². The summed E-state index contributed by atoms with van der Waals surface area (Å²) in [4.78, 5) is 2.04. The fourth-order valence-electron chi connectivity index (χ4n) is 3.61. The second kappa shape index (κ2) is 7.76. The van der Waals surface area contributed by atoms with E-state index < -0.39 is 17.0 Å². The predicted octanol–water partition coefficient (Wildman–Crippen LogP) is 2.23. The van der Waals surface area contributed by atoms with Crippen LogP contribution < -0.4 is 4.74 Å². The molecule has 2 aliphatic rings. The Morgan fingerprint density at radius 2 is 2.00 bits per heavy atom. The molecule has 5 nitrogen and oxygen atoms in total. The summed E-state index contributed by atoms with van der Waals surface area (Å²) >= 11 is 5.75. The minimum absolute atomic E-state index is 0.00386. The van der Waals surface area contributed by atoms with Crippen LogP contribution in [0.15, 0.2) is 18.2 Å². The second-order valence-electron chi connectivity index (χ2n) is 7.28. The molecule has 1 saturated carbocycles. The first-order chi connectivity index (χ1) is 11.9. The first kappa shape index (κ1) is 18.9. The second-order valence-corrected chi connectivity index (χ2v) is 7.69. The van der Waals surface area contributed by atoms with Gasteiger partial charge in [-0.25, -0.2) is 4.39 Å². The topological polar surface area (TPSA) is 62.2 Å². The highest BCUT2D eigenvalue weighted by atomic mass is 35.5. The van der Waals surface area contributed by atoms with E-state index in [-0.39, 0.29) is 18.2 Å². The highest BCUT2D eigenvalue weighted by Crippen LogP contribution is 2.31. The molecule has 1 aliphatic heterocycles. The lowest BCUT2D eigenvalue weighted by Gasteiger charge is -2.34. The van der Waals surface area contributed by atoms with Crippen LogP contribution >= 0.6 is 11.6 Å². The Balaban J connectivity index is 1.61. The van der Waals surface area contributed by atoms with Crippen molar-refractivity contribution in [1.82, 2.24) is 4.90 Å². The van der Waals surface area contributed by atoms with Crippen molar-refractivity contribution in [2.75, 3.05) is 39.5 Å². The molecule has 1 atom stereocenters. The monoisotopic (exact) mass is 373 g/mol. The molecule has 1 aromatic rings.